The maximum absolute atomic E-state index is 11.8. The van der Waals surface area contributed by atoms with Crippen LogP contribution in [0.3, 0.4) is 0 Å². The van der Waals surface area contributed by atoms with Gasteiger partial charge in [-0.2, -0.15) is 0 Å². The van der Waals surface area contributed by atoms with Crippen molar-refractivity contribution in [2.24, 2.45) is 5.92 Å². The van der Waals surface area contributed by atoms with E-state index in [4.69, 9.17) is 0 Å². The average molecular weight is 196 g/mol. The molecule has 14 heavy (non-hydrogen) atoms. The standard InChI is InChI=1S/C11H20N2O/c1-9-4-7-13(11(14)8-9)10-2-5-12-6-3-10/h9-10,12H,2-8H2,1H3. The first-order chi connectivity index (χ1) is 6.77. The minimum absolute atomic E-state index is 0.385. The van der Waals surface area contributed by atoms with Crippen LogP contribution < -0.4 is 5.32 Å². The molecule has 0 radical (unpaired) electrons. The van der Waals surface area contributed by atoms with Gasteiger partial charge in [-0.25, -0.2) is 0 Å². The molecule has 0 spiro atoms. The predicted octanol–water partition coefficient (Wildman–Crippen LogP) is 0.997. The topological polar surface area (TPSA) is 32.3 Å². The first kappa shape index (κ1) is 9.97. The third-order valence-electron chi connectivity index (χ3n) is 3.46. The Morgan fingerprint density at radius 1 is 1.29 bits per heavy atom. The molecule has 3 nitrogen and oxygen atoms in total. The fraction of sp³-hybridized carbons (Fsp3) is 0.909. The number of hydrogen-bond donors (Lipinski definition) is 1. The van der Waals surface area contributed by atoms with Crippen molar-refractivity contribution in [3.8, 4) is 0 Å². The summed E-state index contributed by atoms with van der Waals surface area (Å²) < 4.78 is 0. The molecule has 0 aromatic rings. The lowest BCUT2D eigenvalue weighted by molar-refractivity contribution is -0.137. The fourth-order valence-corrected chi connectivity index (χ4v) is 2.51. The first-order valence-electron chi connectivity index (χ1n) is 5.77. The van der Waals surface area contributed by atoms with Gasteiger partial charge in [-0.05, 0) is 38.3 Å². The molecule has 1 amide bonds. The average Bonchev–Trinajstić information content (AvgIpc) is 2.19. The number of rotatable bonds is 1. The van der Waals surface area contributed by atoms with Gasteiger partial charge in [0.05, 0.1) is 0 Å². The molecule has 1 N–H and O–H groups in total. The van der Waals surface area contributed by atoms with Crippen LogP contribution in [0, 0.1) is 5.92 Å². The van der Waals surface area contributed by atoms with Crippen LogP contribution in [0.5, 0.6) is 0 Å². The summed E-state index contributed by atoms with van der Waals surface area (Å²) >= 11 is 0. The molecule has 0 aromatic heterocycles. The van der Waals surface area contributed by atoms with Crippen molar-refractivity contribution in [3.63, 3.8) is 0 Å². The zero-order valence-electron chi connectivity index (χ0n) is 8.96. The number of likely N-dealkylation sites (tertiary alicyclic amines) is 1. The lowest BCUT2D eigenvalue weighted by Gasteiger charge is -2.38. The first-order valence-corrected chi connectivity index (χ1v) is 5.77. The Bertz CT molecular complexity index is 211. The van der Waals surface area contributed by atoms with E-state index in [0.717, 1.165) is 38.9 Å². The molecule has 2 aliphatic heterocycles. The smallest absolute Gasteiger partial charge is 0.223 e. The van der Waals surface area contributed by atoms with Gasteiger partial charge in [0.2, 0.25) is 5.91 Å². The van der Waals surface area contributed by atoms with Crippen LogP contribution in [-0.4, -0.2) is 36.5 Å². The van der Waals surface area contributed by atoms with Gasteiger partial charge in [0, 0.05) is 19.0 Å². The summed E-state index contributed by atoms with van der Waals surface area (Å²) in [5, 5.41) is 3.34. The Morgan fingerprint density at radius 2 is 2.00 bits per heavy atom. The Morgan fingerprint density at radius 3 is 2.64 bits per heavy atom. The summed E-state index contributed by atoms with van der Waals surface area (Å²) in [7, 11) is 0. The van der Waals surface area contributed by atoms with Crippen LogP contribution in [0.4, 0.5) is 0 Å². The summed E-state index contributed by atoms with van der Waals surface area (Å²) in [4.78, 5) is 13.9. The molecule has 2 heterocycles. The van der Waals surface area contributed by atoms with Gasteiger partial charge in [0.25, 0.3) is 0 Å². The Labute approximate surface area is 85.8 Å². The van der Waals surface area contributed by atoms with Crippen LogP contribution in [-0.2, 0) is 4.79 Å². The highest BCUT2D eigenvalue weighted by Crippen LogP contribution is 2.22. The van der Waals surface area contributed by atoms with Gasteiger partial charge in [0.1, 0.15) is 0 Å². The van der Waals surface area contributed by atoms with Gasteiger partial charge in [-0.3, -0.25) is 4.79 Å². The van der Waals surface area contributed by atoms with Crippen molar-refractivity contribution >= 4 is 5.91 Å². The number of carbonyl (C=O) groups is 1. The SMILES string of the molecule is CC1CCN(C2CCNCC2)C(=O)C1. The van der Waals surface area contributed by atoms with E-state index >= 15 is 0 Å². The van der Waals surface area contributed by atoms with Gasteiger partial charge >= 0.3 is 0 Å². The normalized spacial score (nSPS) is 30.8. The molecular formula is C11H20N2O. The van der Waals surface area contributed by atoms with Crippen molar-refractivity contribution in [2.45, 2.75) is 38.6 Å². The fourth-order valence-electron chi connectivity index (χ4n) is 2.51. The third-order valence-corrected chi connectivity index (χ3v) is 3.46. The quantitative estimate of drug-likeness (QED) is 0.678. The molecule has 0 saturated carbocycles. The molecule has 80 valence electrons. The summed E-state index contributed by atoms with van der Waals surface area (Å²) in [6, 6.07) is 0.524. The number of amides is 1. The van der Waals surface area contributed by atoms with Gasteiger partial charge in [-0.1, -0.05) is 6.92 Å². The highest BCUT2D eigenvalue weighted by Gasteiger charge is 2.29. The minimum Gasteiger partial charge on any atom is -0.340 e. The van der Waals surface area contributed by atoms with E-state index in [9.17, 15) is 4.79 Å². The monoisotopic (exact) mass is 196 g/mol. The predicted molar refractivity (Wildman–Crippen MR) is 56.0 cm³/mol. The van der Waals surface area contributed by atoms with Gasteiger partial charge in [-0.15, -0.1) is 0 Å². The van der Waals surface area contributed by atoms with Crippen molar-refractivity contribution in [2.75, 3.05) is 19.6 Å². The van der Waals surface area contributed by atoms with E-state index in [-0.39, 0.29) is 0 Å². The molecule has 2 fully saturated rings. The summed E-state index contributed by atoms with van der Waals surface area (Å²) in [6.07, 6.45) is 4.24. The molecule has 3 heteroatoms. The minimum atomic E-state index is 0.385. The summed E-state index contributed by atoms with van der Waals surface area (Å²) in [5.74, 6) is 0.983. The van der Waals surface area contributed by atoms with E-state index in [1.54, 1.807) is 0 Å². The molecular weight excluding hydrogens is 176 g/mol. The third kappa shape index (κ3) is 2.08. The molecule has 2 aliphatic rings. The lowest BCUT2D eigenvalue weighted by atomic mass is 9.95. The molecule has 1 atom stereocenters. The Kier molecular flexibility index (Phi) is 3.06. The molecule has 2 saturated heterocycles. The Balaban J connectivity index is 1.92. The van der Waals surface area contributed by atoms with Crippen molar-refractivity contribution in [3.05, 3.63) is 0 Å². The van der Waals surface area contributed by atoms with Crippen molar-refractivity contribution in [1.82, 2.24) is 10.2 Å². The van der Waals surface area contributed by atoms with Crippen LogP contribution in [0.15, 0.2) is 0 Å². The van der Waals surface area contributed by atoms with E-state index in [0.29, 0.717) is 17.9 Å². The second-order valence-electron chi connectivity index (χ2n) is 4.67. The molecule has 1 unspecified atom stereocenters. The second kappa shape index (κ2) is 4.30. The van der Waals surface area contributed by atoms with Gasteiger partial charge < -0.3 is 10.2 Å². The molecule has 2 rings (SSSR count). The van der Waals surface area contributed by atoms with E-state index in [1.165, 1.54) is 6.42 Å². The maximum Gasteiger partial charge on any atom is 0.223 e. The largest absolute Gasteiger partial charge is 0.340 e. The highest BCUT2D eigenvalue weighted by molar-refractivity contribution is 5.77. The van der Waals surface area contributed by atoms with Crippen LogP contribution in [0.2, 0.25) is 0 Å². The van der Waals surface area contributed by atoms with Crippen LogP contribution >= 0.6 is 0 Å². The van der Waals surface area contributed by atoms with E-state index in [1.807, 2.05) is 0 Å². The zero-order valence-corrected chi connectivity index (χ0v) is 8.96. The number of piperidine rings is 2. The lowest BCUT2D eigenvalue weighted by Crippen LogP contribution is -2.49. The number of carbonyl (C=O) groups excluding carboxylic acids is 1. The van der Waals surface area contributed by atoms with Crippen LogP contribution in [0.1, 0.15) is 32.6 Å². The maximum atomic E-state index is 11.8. The van der Waals surface area contributed by atoms with Crippen LogP contribution in [0.25, 0.3) is 0 Å². The summed E-state index contributed by atoms with van der Waals surface area (Å²) in [5.41, 5.74) is 0. The van der Waals surface area contributed by atoms with Gasteiger partial charge in [0.15, 0.2) is 0 Å². The van der Waals surface area contributed by atoms with E-state index in [2.05, 4.69) is 17.1 Å². The Hall–Kier alpha value is -0.570. The summed E-state index contributed by atoms with van der Waals surface area (Å²) in [6.45, 7) is 5.32. The second-order valence-corrected chi connectivity index (χ2v) is 4.67. The molecule has 0 aromatic carbocycles. The molecule has 0 aliphatic carbocycles. The number of hydrogen-bond acceptors (Lipinski definition) is 2. The highest BCUT2D eigenvalue weighted by atomic mass is 16.2. The molecule has 0 bridgehead atoms. The number of nitrogens with zero attached hydrogens (tertiary/aromatic N) is 1. The van der Waals surface area contributed by atoms with Crippen molar-refractivity contribution in [1.29, 1.82) is 0 Å². The zero-order chi connectivity index (χ0) is 9.97. The number of nitrogens with one attached hydrogen (secondary N) is 1. The van der Waals surface area contributed by atoms with Crippen molar-refractivity contribution < 1.29 is 4.79 Å². The van der Waals surface area contributed by atoms with E-state index < -0.39 is 0 Å².